The average molecular weight is 729 g/mol. The molecule has 0 N–H and O–H groups in total. The van der Waals surface area contributed by atoms with Crippen LogP contribution in [0.15, 0.2) is 205 Å². The highest BCUT2D eigenvalue weighted by Crippen LogP contribution is 2.55. The zero-order valence-corrected chi connectivity index (χ0v) is 31.4. The first-order valence-corrected chi connectivity index (χ1v) is 19.5. The van der Waals surface area contributed by atoms with Gasteiger partial charge in [0.15, 0.2) is 5.82 Å². The minimum absolute atomic E-state index is 0.266. The molecule has 0 radical (unpaired) electrons. The molecule has 8 aromatic carbocycles. The van der Waals surface area contributed by atoms with E-state index in [-0.39, 0.29) is 5.41 Å². The van der Waals surface area contributed by atoms with E-state index in [1.807, 2.05) is 30.3 Å². The summed E-state index contributed by atoms with van der Waals surface area (Å²) in [6.07, 6.45) is 0. The molecule has 1 atom stereocenters. The number of benzene rings is 8. The number of fused-ring (bicyclic) bond motifs is 6. The number of rotatable bonds is 6. The molecule has 0 aliphatic heterocycles. The third-order valence-electron chi connectivity index (χ3n) is 11.8. The zero-order chi connectivity index (χ0) is 37.9. The summed E-state index contributed by atoms with van der Waals surface area (Å²) < 4.78 is 6.44. The van der Waals surface area contributed by atoms with Crippen LogP contribution in [0.5, 0.6) is 0 Å². The number of hydrogen-bond acceptors (Lipinski definition) is 3. The largest absolute Gasteiger partial charge is 0.455 e. The first-order chi connectivity index (χ1) is 28.1. The molecule has 1 aliphatic rings. The van der Waals surface area contributed by atoms with Crippen molar-refractivity contribution in [2.75, 3.05) is 0 Å². The van der Waals surface area contributed by atoms with E-state index in [2.05, 4.69) is 177 Å². The predicted molar refractivity (Wildman–Crippen MR) is 234 cm³/mol. The smallest absolute Gasteiger partial charge is 0.160 e. The Bertz CT molecular complexity index is 3140. The lowest BCUT2D eigenvalue weighted by atomic mass is 9.74. The molecule has 0 saturated heterocycles. The van der Waals surface area contributed by atoms with Gasteiger partial charge < -0.3 is 4.42 Å². The van der Waals surface area contributed by atoms with Gasteiger partial charge in [-0.3, -0.25) is 0 Å². The summed E-state index contributed by atoms with van der Waals surface area (Å²) in [5.41, 5.74) is 17.3. The second kappa shape index (κ2) is 13.1. The molecule has 3 nitrogen and oxygen atoms in total. The van der Waals surface area contributed by atoms with Crippen molar-refractivity contribution in [3.05, 3.63) is 217 Å². The van der Waals surface area contributed by atoms with Crippen LogP contribution in [0.3, 0.4) is 0 Å². The van der Waals surface area contributed by atoms with Crippen molar-refractivity contribution in [3.8, 4) is 67.3 Å². The lowest BCUT2D eigenvalue weighted by molar-refractivity contribution is 0.670. The Morgan fingerprint density at radius 3 is 1.70 bits per heavy atom. The highest BCUT2D eigenvalue weighted by Gasteiger charge is 2.41. The standard InChI is InChI=1S/C54H36N2O/c1-54(40-22-6-3-7-23-40)46-29-10-8-25-45(46)51-41(26-15-30-47(51)54)36-18-12-20-38(32-36)48-34-49(56-53(55-48)35-16-4-2-5-17-35)39-21-13-19-37(33-39)42-27-14-28-44-43-24-9-11-31-50(43)57-52(42)44/h2-34H,1H3. The van der Waals surface area contributed by atoms with Gasteiger partial charge in [0.05, 0.1) is 11.4 Å². The van der Waals surface area contributed by atoms with E-state index in [0.717, 1.165) is 66.7 Å². The average Bonchev–Trinajstić information content (AvgIpc) is 3.80. The van der Waals surface area contributed by atoms with Crippen molar-refractivity contribution in [2.45, 2.75) is 12.3 Å². The summed E-state index contributed by atoms with van der Waals surface area (Å²) in [4.78, 5) is 10.4. The van der Waals surface area contributed by atoms with E-state index < -0.39 is 0 Å². The Kier molecular flexibility index (Phi) is 7.61. The van der Waals surface area contributed by atoms with Crippen LogP contribution in [-0.4, -0.2) is 9.97 Å². The van der Waals surface area contributed by atoms with Crippen molar-refractivity contribution < 1.29 is 4.42 Å². The number of para-hydroxylation sites is 2. The molecule has 2 aromatic heterocycles. The van der Waals surface area contributed by atoms with Crippen molar-refractivity contribution >= 4 is 21.9 Å². The van der Waals surface area contributed by atoms with Gasteiger partial charge in [0.25, 0.3) is 0 Å². The van der Waals surface area contributed by atoms with Crippen LogP contribution in [0.25, 0.3) is 89.2 Å². The van der Waals surface area contributed by atoms with Crippen LogP contribution < -0.4 is 0 Å². The predicted octanol–water partition coefficient (Wildman–Crippen LogP) is 14.0. The van der Waals surface area contributed by atoms with Gasteiger partial charge in [-0.2, -0.15) is 0 Å². The summed E-state index contributed by atoms with van der Waals surface area (Å²) >= 11 is 0. The lowest BCUT2D eigenvalue weighted by Crippen LogP contribution is -2.22. The molecular formula is C54H36N2O. The first kappa shape index (κ1) is 33.0. The van der Waals surface area contributed by atoms with Crippen LogP contribution in [0, 0.1) is 0 Å². The fourth-order valence-corrected chi connectivity index (χ4v) is 8.99. The maximum absolute atomic E-state index is 6.44. The van der Waals surface area contributed by atoms with Crippen LogP contribution in [0.4, 0.5) is 0 Å². The molecular weight excluding hydrogens is 693 g/mol. The van der Waals surface area contributed by atoms with E-state index in [0.29, 0.717) is 5.82 Å². The molecule has 268 valence electrons. The number of nitrogens with zero attached hydrogens (tertiary/aromatic N) is 2. The van der Waals surface area contributed by atoms with Gasteiger partial charge >= 0.3 is 0 Å². The van der Waals surface area contributed by atoms with Crippen molar-refractivity contribution in [1.82, 2.24) is 9.97 Å². The van der Waals surface area contributed by atoms with Gasteiger partial charge in [0, 0.05) is 38.4 Å². The Labute approximate surface area is 331 Å². The topological polar surface area (TPSA) is 38.9 Å². The molecule has 57 heavy (non-hydrogen) atoms. The van der Waals surface area contributed by atoms with Gasteiger partial charge in [-0.25, -0.2) is 9.97 Å². The van der Waals surface area contributed by atoms with Crippen LogP contribution in [0.2, 0.25) is 0 Å². The first-order valence-electron chi connectivity index (χ1n) is 19.5. The molecule has 2 heterocycles. The fourth-order valence-electron chi connectivity index (χ4n) is 8.99. The summed E-state index contributed by atoms with van der Waals surface area (Å²) in [6.45, 7) is 2.37. The Hall–Kier alpha value is -7.36. The Morgan fingerprint density at radius 1 is 0.404 bits per heavy atom. The third kappa shape index (κ3) is 5.35. The van der Waals surface area contributed by atoms with Crippen molar-refractivity contribution in [2.24, 2.45) is 0 Å². The van der Waals surface area contributed by atoms with E-state index >= 15 is 0 Å². The normalized spacial score (nSPS) is 14.5. The SMILES string of the molecule is CC1(c2ccccc2)c2ccccc2-c2c(-c3cccc(-c4cc(-c5cccc(-c6cccc7c6oc6ccccc67)c5)nc(-c5ccccc5)n4)c3)cccc21. The van der Waals surface area contributed by atoms with E-state index in [9.17, 15) is 0 Å². The quantitative estimate of drug-likeness (QED) is 0.171. The van der Waals surface area contributed by atoms with Gasteiger partial charge in [-0.1, -0.05) is 176 Å². The zero-order valence-electron chi connectivity index (χ0n) is 31.4. The van der Waals surface area contributed by atoms with Gasteiger partial charge in [-0.15, -0.1) is 0 Å². The fraction of sp³-hybridized carbons (Fsp3) is 0.0370. The Morgan fingerprint density at radius 2 is 0.930 bits per heavy atom. The minimum atomic E-state index is -0.266. The van der Waals surface area contributed by atoms with Crippen LogP contribution >= 0.6 is 0 Å². The second-order valence-electron chi connectivity index (χ2n) is 15.0. The van der Waals surface area contributed by atoms with E-state index in [4.69, 9.17) is 14.4 Å². The highest BCUT2D eigenvalue weighted by atomic mass is 16.3. The number of furan rings is 1. The maximum Gasteiger partial charge on any atom is 0.160 e. The molecule has 0 fully saturated rings. The lowest BCUT2D eigenvalue weighted by Gasteiger charge is -2.28. The van der Waals surface area contributed by atoms with Crippen molar-refractivity contribution in [3.63, 3.8) is 0 Å². The van der Waals surface area contributed by atoms with Gasteiger partial charge in [0.2, 0.25) is 0 Å². The van der Waals surface area contributed by atoms with Gasteiger partial charge in [-0.05, 0) is 75.7 Å². The van der Waals surface area contributed by atoms with Crippen molar-refractivity contribution in [1.29, 1.82) is 0 Å². The molecule has 0 saturated carbocycles. The molecule has 1 unspecified atom stereocenters. The summed E-state index contributed by atoms with van der Waals surface area (Å²) in [6, 6.07) is 71.0. The van der Waals surface area contributed by atoms with Crippen LogP contribution in [-0.2, 0) is 5.41 Å². The third-order valence-corrected chi connectivity index (χ3v) is 11.8. The maximum atomic E-state index is 6.44. The molecule has 10 aromatic rings. The van der Waals surface area contributed by atoms with Crippen LogP contribution in [0.1, 0.15) is 23.6 Å². The number of aromatic nitrogens is 2. The highest BCUT2D eigenvalue weighted by molar-refractivity contribution is 6.09. The van der Waals surface area contributed by atoms with E-state index in [1.54, 1.807) is 0 Å². The minimum Gasteiger partial charge on any atom is -0.455 e. The second-order valence-corrected chi connectivity index (χ2v) is 15.0. The summed E-state index contributed by atoms with van der Waals surface area (Å²) in [5, 5.41) is 2.23. The molecule has 3 heteroatoms. The monoisotopic (exact) mass is 728 g/mol. The summed E-state index contributed by atoms with van der Waals surface area (Å²) in [7, 11) is 0. The number of hydrogen-bond donors (Lipinski definition) is 0. The molecule has 0 amide bonds. The molecule has 0 bridgehead atoms. The molecule has 11 rings (SSSR count). The van der Waals surface area contributed by atoms with E-state index in [1.165, 1.54) is 33.4 Å². The molecule has 0 spiro atoms. The molecule has 1 aliphatic carbocycles. The van der Waals surface area contributed by atoms with Gasteiger partial charge in [0.1, 0.15) is 11.2 Å². The summed E-state index contributed by atoms with van der Waals surface area (Å²) in [5.74, 6) is 0.687. The Balaban J connectivity index is 1.05.